The van der Waals surface area contributed by atoms with Crippen LogP contribution in [0.25, 0.3) is 0 Å². The molecule has 1 aromatic carbocycles. The summed E-state index contributed by atoms with van der Waals surface area (Å²) in [5, 5.41) is 15.8. The van der Waals surface area contributed by atoms with Crippen molar-refractivity contribution in [1.29, 1.82) is 0 Å². The monoisotopic (exact) mass is 371 g/mol. The Balaban J connectivity index is 0.00000208. The van der Waals surface area contributed by atoms with Crippen LogP contribution in [0.2, 0.25) is 0 Å². The van der Waals surface area contributed by atoms with Crippen molar-refractivity contribution < 1.29 is 14.7 Å². The Kier molecular flexibility index (Phi) is 6.91. The van der Waals surface area contributed by atoms with Crippen molar-refractivity contribution in [3.05, 3.63) is 35.9 Å². The molecule has 0 radical (unpaired) electrons. The van der Waals surface area contributed by atoms with Crippen molar-refractivity contribution >= 4 is 36.0 Å². The summed E-state index contributed by atoms with van der Waals surface area (Å²) in [6.07, 6.45) is -0.421. The number of halogens is 1. The summed E-state index contributed by atoms with van der Waals surface area (Å²) >= 11 is 1.58. The average molecular weight is 372 g/mol. The number of hydrogen-bond acceptors (Lipinski definition) is 5. The van der Waals surface area contributed by atoms with Crippen LogP contribution in [0, 0.1) is 5.92 Å². The smallest absolute Gasteiger partial charge is 0.255 e. The molecule has 0 spiro atoms. The Labute approximate surface area is 151 Å². The summed E-state index contributed by atoms with van der Waals surface area (Å²) in [6.45, 7) is 1.70. The van der Waals surface area contributed by atoms with E-state index in [0.717, 1.165) is 0 Å². The molecule has 2 aliphatic heterocycles. The number of aliphatic hydroxyl groups is 1. The average Bonchev–Trinajstić information content (AvgIpc) is 3.22. The highest BCUT2D eigenvalue weighted by Crippen LogP contribution is 2.23. The van der Waals surface area contributed by atoms with Gasteiger partial charge < -0.3 is 20.6 Å². The highest BCUT2D eigenvalue weighted by molar-refractivity contribution is 7.99. The van der Waals surface area contributed by atoms with Gasteiger partial charge in [0.1, 0.15) is 6.04 Å². The van der Waals surface area contributed by atoms with Gasteiger partial charge in [-0.05, 0) is 12.1 Å². The van der Waals surface area contributed by atoms with E-state index in [-0.39, 0.29) is 30.1 Å². The van der Waals surface area contributed by atoms with Crippen LogP contribution in [0.1, 0.15) is 10.4 Å². The maximum Gasteiger partial charge on any atom is 0.255 e. The number of β-amino-alcohol motifs (C(OH)–C–C–N with tert-alkyl or cyclic N) is 1. The molecular weight excluding hydrogens is 350 g/mol. The molecule has 8 heteroatoms. The fourth-order valence-electron chi connectivity index (χ4n) is 2.88. The van der Waals surface area contributed by atoms with Crippen molar-refractivity contribution in [3.63, 3.8) is 0 Å². The molecule has 0 aliphatic carbocycles. The van der Waals surface area contributed by atoms with E-state index in [9.17, 15) is 14.7 Å². The van der Waals surface area contributed by atoms with Crippen molar-refractivity contribution in [1.82, 2.24) is 15.5 Å². The van der Waals surface area contributed by atoms with E-state index in [1.807, 2.05) is 18.2 Å². The third-order valence-corrected chi connectivity index (χ3v) is 5.32. The Bertz CT molecular complexity index is 575. The minimum Gasteiger partial charge on any atom is -0.391 e. The first-order valence-electron chi connectivity index (χ1n) is 7.77. The van der Waals surface area contributed by atoms with Crippen molar-refractivity contribution in [3.8, 4) is 0 Å². The highest BCUT2D eigenvalue weighted by atomic mass is 35.5. The van der Waals surface area contributed by atoms with Crippen molar-refractivity contribution in [2.45, 2.75) is 12.1 Å². The zero-order valence-corrected chi connectivity index (χ0v) is 14.8. The lowest BCUT2D eigenvalue weighted by atomic mass is 10.1. The zero-order valence-electron chi connectivity index (χ0n) is 13.2. The van der Waals surface area contributed by atoms with Crippen LogP contribution in [0.3, 0.4) is 0 Å². The van der Waals surface area contributed by atoms with E-state index in [1.165, 1.54) is 0 Å². The molecule has 24 heavy (non-hydrogen) atoms. The summed E-state index contributed by atoms with van der Waals surface area (Å²) in [5.74, 6) is 0.915. The highest BCUT2D eigenvalue weighted by Gasteiger charge is 2.35. The Morgan fingerprint density at radius 2 is 2.04 bits per heavy atom. The van der Waals surface area contributed by atoms with Crippen LogP contribution in [0.4, 0.5) is 0 Å². The number of aliphatic hydroxyl groups excluding tert-OH is 1. The first-order valence-corrected chi connectivity index (χ1v) is 8.92. The van der Waals surface area contributed by atoms with E-state index >= 15 is 0 Å². The fraction of sp³-hybridized carbons (Fsp3) is 0.500. The maximum absolute atomic E-state index is 12.6. The molecule has 2 amide bonds. The first-order chi connectivity index (χ1) is 11.2. The molecule has 2 saturated heterocycles. The van der Waals surface area contributed by atoms with E-state index < -0.39 is 12.1 Å². The zero-order chi connectivity index (χ0) is 16.2. The van der Waals surface area contributed by atoms with Crippen LogP contribution >= 0.6 is 24.2 Å². The minimum atomic E-state index is -0.445. The first kappa shape index (κ1) is 19.1. The summed E-state index contributed by atoms with van der Waals surface area (Å²) in [4.78, 5) is 26.6. The molecule has 3 unspecified atom stereocenters. The number of carbonyl (C=O) groups is 2. The topological polar surface area (TPSA) is 81.7 Å². The molecule has 0 saturated carbocycles. The predicted molar refractivity (Wildman–Crippen MR) is 96.3 cm³/mol. The molecule has 6 nitrogen and oxygen atoms in total. The lowest BCUT2D eigenvalue weighted by Crippen LogP contribution is -2.48. The van der Waals surface area contributed by atoms with Gasteiger partial charge in [0.2, 0.25) is 5.91 Å². The van der Waals surface area contributed by atoms with Gasteiger partial charge >= 0.3 is 0 Å². The predicted octanol–water partition coefficient (Wildman–Crippen LogP) is 0.320. The summed E-state index contributed by atoms with van der Waals surface area (Å²) in [7, 11) is 0. The van der Waals surface area contributed by atoms with E-state index in [4.69, 9.17) is 0 Å². The summed E-state index contributed by atoms with van der Waals surface area (Å²) in [5.41, 5.74) is 0.600. The van der Waals surface area contributed by atoms with Gasteiger partial charge in [0.15, 0.2) is 0 Å². The van der Waals surface area contributed by atoms with Gasteiger partial charge in [0.05, 0.1) is 12.0 Å². The van der Waals surface area contributed by atoms with Gasteiger partial charge in [-0.25, -0.2) is 0 Å². The van der Waals surface area contributed by atoms with E-state index in [0.29, 0.717) is 36.8 Å². The van der Waals surface area contributed by atoms with Crippen molar-refractivity contribution in [2.24, 2.45) is 5.92 Å². The largest absolute Gasteiger partial charge is 0.391 e. The number of nitrogens with one attached hydrogen (secondary N) is 2. The Hall–Kier alpha value is -1.28. The number of thioether (sulfide) groups is 1. The standard InChI is InChI=1S/C16H21N3O3S.ClH/c20-14-8-17-6-12(14)7-18-15(21)13-9-23-10-19(13)16(22)11-4-2-1-3-5-11;/h1-5,12-14,17,20H,6-10H2,(H,18,21);1H. The molecule has 2 aliphatic rings. The second-order valence-electron chi connectivity index (χ2n) is 5.89. The van der Waals surface area contributed by atoms with E-state index in [1.54, 1.807) is 28.8 Å². The molecule has 3 atom stereocenters. The number of amides is 2. The van der Waals surface area contributed by atoms with Gasteiger partial charge in [-0.15, -0.1) is 24.2 Å². The number of hydrogen-bond donors (Lipinski definition) is 3. The fourth-order valence-corrected chi connectivity index (χ4v) is 4.04. The number of carbonyl (C=O) groups excluding carboxylic acids is 2. The number of benzene rings is 1. The lowest BCUT2D eigenvalue weighted by molar-refractivity contribution is -0.124. The molecule has 0 bridgehead atoms. The third-order valence-electron chi connectivity index (χ3n) is 4.31. The Morgan fingerprint density at radius 3 is 2.71 bits per heavy atom. The number of nitrogens with zero attached hydrogens (tertiary/aromatic N) is 1. The van der Waals surface area contributed by atoms with Crippen LogP contribution in [-0.2, 0) is 4.79 Å². The maximum atomic E-state index is 12.6. The molecule has 3 rings (SSSR count). The normalized spacial score (nSPS) is 26.0. The molecular formula is C16H22ClN3O3S. The number of rotatable bonds is 4. The van der Waals surface area contributed by atoms with Gasteiger partial charge in [-0.2, -0.15) is 0 Å². The molecule has 132 valence electrons. The SMILES string of the molecule is Cl.O=C(NCC1CNCC1O)C1CSCN1C(=O)c1ccccc1. The molecule has 2 heterocycles. The van der Waals surface area contributed by atoms with Gasteiger partial charge in [0.25, 0.3) is 5.91 Å². The molecule has 3 N–H and O–H groups in total. The second kappa shape index (κ2) is 8.71. The van der Waals surface area contributed by atoms with Gasteiger partial charge in [0, 0.05) is 36.9 Å². The molecule has 0 aromatic heterocycles. The van der Waals surface area contributed by atoms with Crippen LogP contribution < -0.4 is 10.6 Å². The minimum absolute atomic E-state index is 0. The molecule has 1 aromatic rings. The van der Waals surface area contributed by atoms with E-state index in [2.05, 4.69) is 10.6 Å². The van der Waals surface area contributed by atoms with Crippen LogP contribution in [-0.4, -0.2) is 65.2 Å². The van der Waals surface area contributed by atoms with Crippen molar-refractivity contribution in [2.75, 3.05) is 31.3 Å². The van der Waals surface area contributed by atoms with Gasteiger partial charge in [-0.3, -0.25) is 9.59 Å². The van der Waals surface area contributed by atoms with Gasteiger partial charge in [-0.1, -0.05) is 18.2 Å². The van der Waals surface area contributed by atoms with Crippen LogP contribution in [0.15, 0.2) is 30.3 Å². The second-order valence-corrected chi connectivity index (χ2v) is 6.89. The third kappa shape index (κ3) is 4.22. The van der Waals surface area contributed by atoms with Crippen LogP contribution in [0.5, 0.6) is 0 Å². The quantitative estimate of drug-likeness (QED) is 0.710. The molecule has 2 fully saturated rings. The summed E-state index contributed by atoms with van der Waals surface area (Å²) < 4.78 is 0. The Morgan fingerprint density at radius 1 is 1.29 bits per heavy atom. The lowest BCUT2D eigenvalue weighted by Gasteiger charge is -2.24. The summed E-state index contributed by atoms with van der Waals surface area (Å²) in [6, 6.07) is 8.58.